The van der Waals surface area contributed by atoms with Gasteiger partial charge in [0.25, 0.3) is 5.91 Å². The third kappa shape index (κ3) is 3.71. The number of likely N-dealkylation sites (tertiary alicyclic amines) is 1. The number of primary amides is 1. The molecule has 2 amide bonds. The van der Waals surface area contributed by atoms with Gasteiger partial charge in [-0.15, -0.1) is 0 Å². The van der Waals surface area contributed by atoms with Gasteiger partial charge in [0.1, 0.15) is 0 Å². The lowest BCUT2D eigenvalue weighted by molar-refractivity contribution is 0.0743. The first-order valence-electron chi connectivity index (χ1n) is 8.07. The van der Waals surface area contributed by atoms with Crippen molar-refractivity contribution in [3.8, 4) is 0 Å². The molecule has 122 valence electrons. The highest BCUT2D eigenvalue weighted by Crippen LogP contribution is 2.21. The van der Waals surface area contributed by atoms with Gasteiger partial charge in [-0.2, -0.15) is 0 Å². The first-order valence-corrected chi connectivity index (χ1v) is 8.07. The van der Waals surface area contributed by atoms with Gasteiger partial charge in [-0.05, 0) is 42.7 Å². The molecule has 1 aliphatic heterocycles. The molecule has 24 heavy (non-hydrogen) atoms. The largest absolute Gasteiger partial charge is 0.366 e. The number of benzene rings is 2. The molecule has 4 nitrogen and oxygen atoms in total. The van der Waals surface area contributed by atoms with E-state index in [-0.39, 0.29) is 5.91 Å². The second-order valence-electron chi connectivity index (χ2n) is 5.95. The molecule has 2 aromatic rings. The number of amides is 2. The Bertz CT molecular complexity index is 754. The van der Waals surface area contributed by atoms with Crippen molar-refractivity contribution in [1.82, 2.24) is 4.90 Å². The van der Waals surface area contributed by atoms with Gasteiger partial charge >= 0.3 is 0 Å². The van der Waals surface area contributed by atoms with Gasteiger partial charge in [0.05, 0.1) is 0 Å². The predicted octanol–water partition coefficient (Wildman–Crippen LogP) is 3.11. The molecule has 2 aromatic carbocycles. The van der Waals surface area contributed by atoms with Crippen molar-refractivity contribution in [2.45, 2.75) is 12.8 Å². The maximum atomic E-state index is 12.5. The molecule has 0 radical (unpaired) electrons. The third-order valence-electron chi connectivity index (χ3n) is 4.28. The number of nitrogens with zero attached hydrogens (tertiary/aromatic N) is 1. The summed E-state index contributed by atoms with van der Waals surface area (Å²) in [4.78, 5) is 25.5. The van der Waals surface area contributed by atoms with E-state index in [1.54, 1.807) is 24.3 Å². The van der Waals surface area contributed by atoms with Gasteiger partial charge in [0.15, 0.2) is 0 Å². The Hall–Kier alpha value is -2.88. The van der Waals surface area contributed by atoms with Crippen molar-refractivity contribution in [2.75, 3.05) is 13.1 Å². The maximum absolute atomic E-state index is 12.5. The molecular weight excluding hydrogens is 300 g/mol. The summed E-state index contributed by atoms with van der Waals surface area (Å²) in [5.41, 5.74) is 8.80. The van der Waals surface area contributed by atoms with Gasteiger partial charge in [-0.25, -0.2) is 0 Å². The van der Waals surface area contributed by atoms with E-state index in [4.69, 9.17) is 5.73 Å². The Labute approximate surface area is 141 Å². The Kier molecular flexibility index (Phi) is 4.75. The minimum Gasteiger partial charge on any atom is -0.366 e. The molecule has 0 bridgehead atoms. The van der Waals surface area contributed by atoms with E-state index in [1.807, 2.05) is 23.1 Å². The molecular formula is C20H20N2O2. The highest BCUT2D eigenvalue weighted by atomic mass is 16.2. The van der Waals surface area contributed by atoms with Crippen LogP contribution in [-0.2, 0) is 0 Å². The summed E-state index contributed by atoms with van der Waals surface area (Å²) in [6.07, 6.45) is 3.99. The number of hydrogen-bond acceptors (Lipinski definition) is 2. The smallest absolute Gasteiger partial charge is 0.253 e. The first-order chi connectivity index (χ1) is 11.6. The van der Waals surface area contributed by atoms with E-state index in [2.05, 4.69) is 18.2 Å². The Balaban J connectivity index is 1.63. The number of piperidine rings is 1. The van der Waals surface area contributed by atoms with E-state index in [0.29, 0.717) is 11.1 Å². The molecule has 1 heterocycles. The van der Waals surface area contributed by atoms with Crippen molar-refractivity contribution in [3.63, 3.8) is 0 Å². The topological polar surface area (TPSA) is 63.4 Å². The van der Waals surface area contributed by atoms with Gasteiger partial charge in [-0.1, -0.05) is 42.0 Å². The van der Waals surface area contributed by atoms with Crippen LogP contribution in [0.2, 0.25) is 0 Å². The van der Waals surface area contributed by atoms with E-state index < -0.39 is 5.91 Å². The summed E-state index contributed by atoms with van der Waals surface area (Å²) >= 11 is 0. The van der Waals surface area contributed by atoms with E-state index in [1.165, 1.54) is 11.1 Å². The highest BCUT2D eigenvalue weighted by molar-refractivity contribution is 5.97. The summed E-state index contributed by atoms with van der Waals surface area (Å²) < 4.78 is 0. The van der Waals surface area contributed by atoms with Crippen LogP contribution in [0.1, 0.15) is 39.1 Å². The van der Waals surface area contributed by atoms with Crippen LogP contribution in [0.3, 0.4) is 0 Å². The van der Waals surface area contributed by atoms with Gasteiger partial charge in [0, 0.05) is 24.2 Å². The molecule has 0 unspecified atom stereocenters. The van der Waals surface area contributed by atoms with E-state index in [9.17, 15) is 9.59 Å². The Morgan fingerprint density at radius 2 is 1.46 bits per heavy atom. The first kappa shape index (κ1) is 16.0. The van der Waals surface area contributed by atoms with Crippen LogP contribution in [0.25, 0.3) is 6.08 Å². The van der Waals surface area contributed by atoms with Crippen LogP contribution >= 0.6 is 0 Å². The number of carbonyl (C=O) groups is 2. The summed E-state index contributed by atoms with van der Waals surface area (Å²) in [7, 11) is 0. The van der Waals surface area contributed by atoms with Crippen LogP contribution < -0.4 is 5.73 Å². The fraction of sp³-hybridized carbons (Fsp3) is 0.200. The average molecular weight is 320 g/mol. The third-order valence-corrected chi connectivity index (χ3v) is 4.28. The number of carbonyl (C=O) groups excluding carboxylic acids is 2. The number of rotatable bonds is 3. The van der Waals surface area contributed by atoms with Crippen molar-refractivity contribution < 1.29 is 9.59 Å². The molecule has 1 fully saturated rings. The molecule has 3 rings (SSSR count). The normalized spacial score (nSPS) is 14.3. The van der Waals surface area contributed by atoms with Crippen LogP contribution in [-0.4, -0.2) is 29.8 Å². The minimum absolute atomic E-state index is 0.00443. The van der Waals surface area contributed by atoms with Crippen LogP contribution in [0.4, 0.5) is 0 Å². The zero-order valence-corrected chi connectivity index (χ0v) is 13.4. The zero-order valence-electron chi connectivity index (χ0n) is 13.4. The fourth-order valence-corrected chi connectivity index (χ4v) is 2.89. The second-order valence-corrected chi connectivity index (χ2v) is 5.95. The lowest BCUT2D eigenvalue weighted by Gasteiger charge is -2.28. The molecule has 0 saturated carbocycles. The molecule has 2 N–H and O–H groups in total. The van der Waals surface area contributed by atoms with E-state index in [0.717, 1.165) is 25.9 Å². The molecule has 0 spiro atoms. The molecule has 1 saturated heterocycles. The lowest BCUT2D eigenvalue weighted by atomic mass is 10.00. The summed E-state index contributed by atoms with van der Waals surface area (Å²) in [6, 6.07) is 16.8. The van der Waals surface area contributed by atoms with Crippen molar-refractivity contribution >= 4 is 17.9 Å². The van der Waals surface area contributed by atoms with Gasteiger partial charge in [0.2, 0.25) is 5.91 Å². The molecule has 0 atom stereocenters. The van der Waals surface area contributed by atoms with Crippen LogP contribution in [0.15, 0.2) is 60.2 Å². The summed E-state index contributed by atoms with van der Waals surface area (Å²) in [5.74, 6) is -0.479. The molecule has 1 aliphatic rings. The fourth-order valence-electron chi connectivity index (χ4n) is 2.89. The lowest BCUT2D eigenvalue weighted by Crippen LogP contribution is -2.36. The predicted molar refractivity (Wildman–Crippen MR) is 94.5 cm³/mol. The maximum Gasteiger partial charge on any atom is 0.253 e. The highest BCUT2D eigenvalue weighted by Gasteiger charge is 2.20. The monoisotopic (exact) mass is 320 g/mol. The Morgan fingerprint density at radius 1 is 0.875 bits per heavy atom. The average Bonchev–Trinajstić information content (AvgIpc) is 2.63. The number of hydrogen-bond donors (Lipinski definition) is 1. The summed E-state index contributed by atoms with van der Waals surface area (Å²) in [5, 5.41) is 0. The standard InChI is InChI=1S/C20H20N2O2/c21-19(23)17-6-8-18(9-7-17)20(24)22-12-10-16(11-13-22)14-15-4-2-1-3-5-15/h1-9,14H,10-13H2,(H2,21,23). The second kappa shape index (κ2) is 7.13. The quantitative estimate of drug-likeness (QED) is 0.944. The number of nitrogens with two attached hydrogens (primary N) is 1. The van der Waals surface area contributed by atoms with Gasteiger partial charge < -0.3 is 10.6 Å². The zero-order chi connectivity index (χ0) is 16.9. The van der Waals surface area contributed by atoms with Gasteiger partial charge in [-0.3, -0.25) is 9.59 Å². The van der Waals surface area contributed by atoms with Crippen molar-refractivity contribution in [2.24, 2.45) is 5.73 Å². The molecule has 4 heteroatoms. The van der Waals surface area contributed by atoms with Crippen LogP contribution in [0.5, 0.6) is 0 Å². The molecule has 0 aromatic heterocycles. The SMILES string of the molecule is NC(=O)c1ccc(C(=O)N2CCC(=Cc3ccccc3)CC2)cc1. The minimum atomic E-state index is -0.484. The van der Waals surface area contributed by atoms with E-state index >= 15 is 0 Å². The molecule has 0 aliphatic carbocycles. The van der Waals surface area contributed by atoms with Crippen molar-refractivity contribution in [1.29, 1.82) is 0 Å². The van der Waals surface area contributed by atoms with Crippen LogP contribution in [0, 0.1) is 0 Å². The Morgan fingerprint density at radius 3 is 2.04 bits per heavy atom. The summed E-state index contributed by atoms with van der Waals surface area (Å²) in [6.45, 7) is 1.43. The van der Waals surface area contributed by atoms with Crippen molar-refractivity contribution in [3.05, 3.63) is 76.9 Å².